The fourth-order valence-corrected chi connectivity index (χ4v) is 2.83. The lowest BCUT2D eigenvalue weighted by Crippen LogP contribution is -2.41. The molecule has 0 unspecified atom stereocenters. The molecule has 3 rings (SSSR count). The van der Waals surface area contributed by atoms with Gasteiger partial charge in [0.1, 0.15) is 6.61 Å². The summed E-state index contributed by atoms with van der Waals surface area (Å²) in [4.78, 5) is 15.7. The number of nitrogens with one attached hydrogen (secondary N) is 1. The minimum absolute atomic E-state index is 0.0448. The molecule has 5 nitrogen and oxygen atoms in total. The highest BCUT2D eigenvalue weighted by atomic mass is 16.5. The summed E-state index contributed by atoms with van der Waals surface area (Å²) >= 11 is 0. The second kappa shape index (κ2) is 6.20. The SMILES string of the molecule is O=C(CO)N[C@H]1COC[C@H]1Cc1ccnc2ccccc12. The Balaban J connectivity index is 1.79. The molecule has 2 heterocycles. The van der Waals surface area contributed by atoms with Gasteiger partial charge in [-0.05, 0) is 24.1 Å². The Bertz CT molecular complexity index is 639. The van der Waals surface area contributed by atoms with Crippen molar-refractivity contribution in [3.05, 3.63) is 42.1 Å². The maximum absolute atomic E-state index is 11.4. The average Bonchev–Trinajstić information content (AvgIpc) is 2.94. The number of para-hydroxylation sites is 1. The number of rotatable bonds is 4. The number of fused-ring (bicyclic) bond motifs is 1. The van der Waals surface area contributed by atoms with Gasteiger partial charge in [0.25, 0.3) is 0 Å². The van der Waals surface area contributed by atoms with Crippen LogP contribution in [0.15, 0.2) is 36.5 Å². The maximum Gasteiger partial charge on any atom is 0.246 e. The molecule has 1 saturated heterocycles. The average molecular weight is 286 g/mol. The normalized spacial score (nSPS) is 21.6. The Morgan fingerprint density at radius 1 is 1.33 bits per heavy atom. The monoisotopic (exact) mass is 286 g/mol. The molecule has 0 bridgehead atoms. The summed E-state index contributed by atoms with van der Waals surface area (Å²) < 4.78 is 5.49. The lowest BCUT2D eigenvalue weighted by atomic mass is 9.93. The molecule has 1 aromatic heterocycles. The summed E-state index contributed by atoms with van der Waals surface area (Å²) in [5.74, 6) is -0.138. The number of benzene rings is 1. The molecule has 5 heteroatoms. The van der Waals surface area contributed by atoms with Gasteiger partial charge in [-0.15, -0.1) is 0 Å². The zero-order valence-corrected chi connectivity index (χ0v) is 11.7. The van der Waals surface area contributed by atoms with E-state index in [2.05, 4.69) is 16.4 Å². The lowest BCUT2D eigenvalue weighted by Gasteiger charge is -2.19. The summed E-state index contributed by atoms with van der Waals surface area (Å²) in [6.45, 7) is 0.633. The van der Waals surface area contributed by atoms with Crippen molar-refractivity contribution in [2.24, 2.45) is 5.92 Å². The van der Waals surface area contributed by atoms with Crippen molar-refractivity contribution < 1.29 is 14.6 Å². The first-order valence-corrected chi connectivity index (χ1v) is 7.08. The Morgan fingerprint density at radius 3 is 3.05 bits per heavy atom. The zero-order valence-electron chi connectivity index (χ0n) is 11.7. The Hall–Kier alpha value is -1.98. The van der Waals surface area contributed by atoms with E-state index in [9.17, 15) is 4.79 Å². The fraction of sp³-hybridized carbons (Fsp3) is 0.375. The summed E-state index contributed by atoms with van der Waals surface area (Å²) in [7, 11) is 0. The van der Waals surface area contributed by atoms with Crippen LogP contribution in [0.3, 0.4) is 0 Å². The van der Waals surface area contributed by atoms with Gasteiger partial charge in [-0.3, -0.25) is 9.78 Å². The Morgan fingerprint density at radius 2 is 2.19 bits per heavy atom. The molecule has 2 atom stereocenters. The van der Waals surface area contributed by atoms with Crippen LogP contribution in [0.2, 0.25) is 0 Å². The van der Waals surface area contributed by atoms with E-state index in [0.717, 1.165) is 17.3 Å². The van der Waals surface area contributed by atoms with Gasteiger partial charge < -0.3 is 15.2 Å². The van der Waals surface area contributed by atoms with Crippen LogP contribution in [0.25, 0.3) is 10.9 Å². The third kappa shape index (κ3) is 3.04. The van der Waals surface area contributed by atoms with Crippen LogP contribution in [0.4, 0.5) is 0 Å². The van der Waals surface area contributed by atoms with Crippen molar-refractivity contribution in [3.8, 4) is 0 Å². The Kier molecular flexibility index (Phi) is 4.13. The van der Waals surface area contributed by atoms with Crippen molar-refractivity contribution >= 4 is 16.8 Å². The molecule has 0 saturated carbocycles. The van der Waals surface area contributed by atoms with Crippen LogP contribution in [0.1, 0.15) is 5.56 Å². The second-order valence-corrected chi connectivity index (χ2v) is 5.32. The van der Waals surface area contributed by atoms with Crippen LogP contribution in [-0.4, -0.2) is 41.9 Å². The third-order valence-corrected chi connectivity index (χ3v) is 3.91. The number of nitrogens with zero attached hydrogens (tertiary/aromatic N) is 1. The van der Waals surface area contributed by atoms with Gasteiger partial charge in [-0.2, -0.15) is 0 Å². The molecule has 0 spiro atoms. The maximum atomic E-state index is 11.4. The number of ether oxygens (including phenoxy) is 1. The molecule has 110 valence electrons. The molecular weight excluding hydrogens is 268 g/mol. The van der Waals surface area contributed by atoms with Gasteiger partial charge in [0.05, 0.1) is 24.8 Å². The molecule has 0 aliphatic carbocycles. The first-order chi connectivity index (χ1) is 10.3. The quantitative estimate of drug-likeness (QED) is 0.876. The first-order valence-electron chi connectivity index (χ1n) is 7.08. The van der Waals surface area contributed by atoms with Crippen LogP contribution in [0, 0.1) is 5.92 Å². The van der Waals surface area contributed by atoms with Crippen LogP contribution in [-0.2, 0) is 16.0 Å². The van der Waals surface area contributed by atoms with Gasteiger partial charge in [-0.1, -0.05) is 18.2 Å². The molecule has 1 aliphatic heterocycles. The predicted molar refractivity (Wildman–Crippen MR) is 78.8 cm³/mol. The van der Waals surface area contributed by atoms with E-state index in [4.69, 9.17) is 9.84 Å². The minimum atomic E-state index is -0.485. The third-order valence-electron chi connectivity index (χ3n) is 3.91. The van der Waals surface area contributed by atoms with Crippen molar-refractivity contribution in [2.75, 3.05) is 19.8 Å². The molecule has 0 radical (unpaired) electrons. The standard InChI is InChI=1S/C16H18N2O3/c19-8-16(20)18-15-10-21-9-12(15)7-11-5-6-17-14-4-2-1-3-13(11)14/h1-6,12,15,19H,7-10H2,(H,18,20)/t12-,15+/m1/s1. The van der Waals surface area contributed by atoms with E-state index < -0.39 is 6.61 Å². The van der Waals surface area contributed by atoms with Crippen molar-refractivity contribution in [1.82, 2.24) is 10.3 Å². The van der Waals surface area contributed by atoms with Crippen LogP contribution < -0.4 is 5.32 Å². The number of amides is 1. The second-order valence-electron chi connectivity index (χ2n) is 5.32. The number of carbonyl (C=O) groups excluding carboxylic acids is 1. The van der Waals surface area contributed by atoms with E-state index in [0.29, 0.717) is 13.2 Å². The number of hydrogen-bond donors (Lipinski definition) is 2. The van der Waals surface area contributed by atoms with E-state index in [1.807, 2.05) is 30.5 Å². The van der Waals surface area contributed by atoms with Gasteiger partial charge in [0, 0.05) is 17.5 Å². The summed E-state index contributed by atoms with van der Waals surface area (Å²) in [5.41, 5.74) is 2.18. The van der Waals surface area contributed by atoms with Gasteiger partial charge in [0.2, 0.25) is 5.91 Å². The minimum Gasteiger partial charge on any atom is -0.387 e. The lowest BCUT2D eigenvalue weighted by molar-refractivity contribution is -0.124. The summed E-state index contributed by atoms with van der Waals surface area (Å²) in [6, 6.07) is 10.0. The van der Waals surface area contributed by atoms with Gasteiger partial charge >= 0.3 is 0 Å². The highest BCUT2D eigenvalue weighted by molar-refractivity contribution is 5.82. The largest absolute Gasteiger partial charge is 0.387 e. The fourth-order valence-electron chi connectivity index (χ4n) is 2.83. The van der Waals surface area contributed by atoms with Crippen molar-refractivity contribution in [1.29, 1.82) is 0 Å². The molecule has 1 amide bonds. The van der Waals surface area contributed by atoms with E-state index in [1.54, 1.807) is 0 Å². The first kappa shape index (κ1) is 14.0. The van der Waals surface area contributed by atoms with Crippen LogP contribution >= 0.6 is 0 Å². The molecule has 2 aromatic rings. The van der Waals surface area contributed by atoms with Gasteiger partial charge in [-0.25, -0.2) is 0 Å². The smallest absolute Gasteiger partial charge is 0.246 e. The van der Waals surface area contributed by atoms with Crippen molar-refractivity contribution in [3.63, 3.8) is 0 Å². The molecule has 1 fully saturated rings. The number of aliphatic hydroxyl groups excluding tert-OH is 1. The van der Waals surface area contributed by atoms with E-state index >= 15 is 0 Å². The zero-order chi connectivity index (χ0) is 14.7. The number of pyridine rings is 1. The summed E-state index contributed by atoms with van der Waals surface area (Å²) in [5, 5.41) is 12.8. The number of carbonyl (C=O) groups is 1. The molecule has 2 N–H and O–H groups in total. The van der Waals surface area contributed by atoms with Gasteiger partial charge in [0.15, 0.2) is 0 Å². The molecule has 1 aliphatic rings. The van der Waals surface area contributed by atoms with Crippen molar-refractivity contribution in [2.45, 2.75) is 12.5 Å². The number of aliphatic hydroxyl groups is 1. The highest BCUT2D eigenvalue weighted by Crippen LogP contribution is 2.24. The van der Waals surface area contributed by atoms with Crippen LogP contribution in [0.5, 0.6) is 0 Å². The molecule has 1 aromatic carbocycles. The topological polar surface area (TPSA) is 71.5 Å². The molecular formula is C16H18N2O3. The number of aromatic nitrogens is 1. The number of hydrogen-bond acceptors (Lipinski definition) is 4. The predicted octanol–water partition coefficient (Wildman–Crippen LogP) is 0.901. The molecule has 21 heavy (non-hydrogen) atoms. The highest BCUT2D eigenvalue weighted by Gasteiger charge is 2.29. The summed E-state index contributed by atoms with van der Waals surface area (Å²) in [6.07, 6.45) is 2.63. The van der Waals surface area contributed by atoms with E-state index in [-0.39, 0.29) is 17.9 Å². The van der Waals surface area contributed by atoms with E-state index in [1.165, 1.54) is 5.56 Å². The Labute approximate surface area is 123 Å².